The summed E-state index contributed by atoms with van der Waals surface area (Å²) in [6.45, 7) is 3.87. The smallest absolute Gasteiger partial charge is 0.0725 e. The van der Waals surface area contributed by atoms with Crippen LogP contribution in [0.5, 0.6) is 0 Å². The number of rotatable bonds is 2. The first-order valence-electron chi connectivity index (χ1n) is 4.29. The lowest BCUT2D eigenvalue weighted by molar-refractivity contribution is 0.674. The van der Waals surface area contributed by atoms with Gasteiger partial charge in [0.2, 0.25) is 0 Å². The molecule has 0 aromatic heterocycles. The van der Waals surface area contributed by atoms with Crippen LogP contribution in [-0.4, -0.2) is 16.5 Å². The molecule has 0 aliphatic rings. The molecule has 3 heteroatoms. The molecule has 13 heavy (non-hydrogen) atoms. The number of benzene rings is 1. The number of hydrogen-bond donors (Lipinski definition) is 0. The monoisotopic (exact) mass is 197 g/mol. The zero-order chi connectivity index (χ0) is 9.90. The third kappa shape index (κ3) is 2.84. The Morgan fingerprint density at radius 1 is 1.23 bits per heavy atom. The molecule has 0 saturated carbocycles. The fourth-order valence-corrected chi connectivity index (χ4v) is 2.72. The van der Waals surface area contributed by atoms with Crippen LogP contribution in [0, 0.1) is 0 Å². The summed E-state index contributed by atoms with van der Waals surface area (Å²) >= 11 is 0. The van der Waals surface area contributed by atoms with Crippen LogP contribution < -0.4 is 0 Å². The maximum atomic E-state index is 12.0. The number of nitrogens with zero attached hydrogens (tertiary/aromatic N) is 1. The highest BCUT2D eigenvalue weighted by molar-refractivity contribution is 7.93. The normalized spacial score (nSPS) is 15.4. The summed E-state index contributed by atoms with van der Waals surface area (Å²) in [6.07, 6.45) is 1.68. The van der Waals surface area contributed by atoms with Crippen LogP contribution in [0.25, 0.3) is 0 Å². The van der Waals surface area contributed by atoms with E-state index in [4.69, 9.17) is 0 Å². The van der Waals surface area contributed by atoms with Gasteiger partial charge in [0.05, 0.1) is 15.8 Å². The Morgan fingerprint density at radius 3 is 2.23 bits per heavy atom. The van der Waals surface area contributed by atoms with Gasteiger partial charge in [-0.3, -0.25) is 0 Å². The minimum atomic E-state index is -2.18. The zero-order valence-corrected chi connectivity index (χ0v) is 9.04. The Bertz CT molecular complexity index is 375. The van der Waals surface area contributed by atoms with Gasteiger partial charge in [0.25, 0.3) is 0 Å². The van der Waals surface area contributed by atoms with Crippen LogP contribution in [0.15, 0.2) is 39.6 Å². The van der Waals surface area contributed by atoms with Gasteiger partial charge in [-0.25, -0.2) is 8.57 Å². The largest absolute Gasteiger partial charge is 0.245 e. The molecule has 72 valence electrons. The first-order valence-corrected chi connectivity index (χ1v) is 6.21. The number of hydrogen-bond acceptors (Lipinski definition) is 2. The Balaban J connectivity index is 3.16. The summed E-state index contributed by atoms with van der Waals surface area (Å²) in [6, 6.07) is 9.50. The Morgan fingerprint density at radius 2 is 1.77 bits per heavy atom. The van der Waals surface area contributed by atoms with Crippen molar-refractivity contribution in [3.05, 3.63) is 30.3 Å². The third-order valence-corrected chi connectivity index (χ3v) is 3.56. The molecule has 1 unspecified atom stereocenters. The Labute approximate surface area is 80.2 Å². The van der Waals surface area contributed by atoms with E-state index >= 15 is 0 Å². The summed E-state index contributed by atoms with van der Waals surface area (Å²) in [5.74, 6) is 0. The summed E-state index contributed by atoms with van der Waals surface area (Å²) < 4.78 is 16.2. The van der Waals surface area contributed by atoms with Gasteiger partial charge in [-0.1, -0.05) is 18.2 Å². The van der Waals surface area contributed by atoms with E-state index in [-0.39, 0.29) is 6.04 Å². The van der Waals surface area contributed by atoms with Crippen molar-refractivity contribution < 1.29 is 4.21 Å². The van der Waals surface area contributed by atoms with Gasteiger partial charge >= 0.3 is 0 Å². The van der Waals surface area contributed by atoms with Crippen molar-refractivity contribution >= 4 is 9.73 Å². The van der Waals surface area contributed by atoms with E-state index < -0.39 is 9.73 Å². The SMILES string of the molecule is CC(C)N=S(C)(=O)c1ccccc1. The fraction of sp³-hybridized carbons (Fsp3) is 0.400. The van der Waals surface area contributed by atoms with Crippen LogP contribution in [0.4, 0.5) is 0 Å². The highest BCUT2D eigenvalue weighted by Crippen LogP contribution is 2.11. The van der Waals surface area contributed by atoms with E-state index in [1.807, 2.05) is 44.2 Å². The maximum absolute atomic E-state index is 12.0. The molecule has 1 rings (SSSR count). The van der Waals surface area contributed by atoms with Crippen LogP contribution >= 0.6 is 0 Å². The third-order valence-electron chi connectivity index (χ3n) is 1.59. The molecule has 1 atom stereocenters. The zero-order valence-electron chi connectivity index (χ0n) is 8.23. The van der Waals surface area contributed by atoms with Gasteiger partial charge in [0.1, 0.15) is 0 Å². The van der Waals surface area contributed by atoms with E-state index in [1.54, 1.807) is 6.26 Å². The summed E-state index contributed by atoms with van der Waals surface area (Å²) in [5.41, 5.74) is 0. The van der Waals surface area contributed by atoms with E-state index in [0.29, 0.717) is 0 Å². The molecule has 0 amide bonds. The van der Waals surface area contributed by atoms with E-state index in [0.717, 1.165) is 4.90 Å². The van der Waals surface area contributed by atoms with Crippen molar-refractivity contribution in [2.45, 2.75) is 24.8 Å². The Kier molecular flexibility index (Phi) is 3.09. The minimum absolute atomic E-state index is 0.109. The second kappa shape index (κ2) is 3.92. The lowest BCUT2D eigenvalue weighted by Gasteiger charge is -2.05. The first kappa shape index (κ1) is 10.3. The molecule has 0 aliphatic carbocycles. The summed E-state index contributed by atoms with van der Waals surface area (Å²) in [7, 11) is -2.18. The topological polar surface area (TPSA) is 29.4 Å². The van der Waals surface area contributed by atoms with Gasteiger partial charge in [-0.2, -0.15) is 0 Å². The van der Waals surface area contributed by atoms with Crippen molar-refractivity contribution in [2.24, 2.45) is 4.36 Å². The lowest BCUT2D eigenvalue weighted by atomic mass is 10.4. The van der Waals surface area contributed by atoms with Gasteiger partial charge < -0.3 is 0 Å². The Hall–Kier alpha value is -0.830. The fourth-order valence-electron chi connectivity index (χ4n) is 1.14. The molecule has 0 bridgehead atoms. The molecule has 0 radical (unpaired) electrons. The molecule has 1 aromatic rings. The van der Waals surface area contributed by atoms with Crippen molar-refractivity contribution in [1.82, 2.24) is 0 Å². The van der Waals surface area contributed by atoms with Crippen LogP contribution in [0.2, 0.25) is 0 Å². The highest BCUT2D eigenvalue weighted by Gasteiger charge is 2.04. The molecule has 0 spiro atoms. The first-order chi connectivity index (χ1) is 6.02. The van der Waals surface area contributed by atoms with Gasteiger partial charge in [0, 0.05) is 11.2 Å². The predicted octanol–water partition coefficient (Wildman–Crippen LogP) is 2.55. The minimum Gasteiger partial charge on any atom is -0.245 e. The van der Waals surface area contributed by atoms with Gasteiger partial charge in [0.15, 0.2) is 0 Å². The maximum Gasteiger partial charge on any atom is 0.0725 e. The van der Waals surface area contributed by atoms with Crippen molar-refractivity contribution in [3.8, 4) is 0 Å². The molecule has 2 nitrogen and oxygen atoms in total. The quantitative estimate of drug-likeness (QED) is 0.716. The average molecular weight is 197 g/mol. The molecule has 0 saturated heterocycles. The van der Waals surface area contributed by atoms with Crippen LogP contribution in [-0.2, 0) is 9.73 Å². The van der Waals surface area contributed by atoms with Gasteiger partial charge in [-0.15, -0.1) is 0 Å². The van der Waals surface area contributed by atoms with Crippen molar-refractivity contribution in [3.63, 3.8) is 0 Å². The molecule has 0 N–H and O–H groups in total. The van der Waals surface area contributed by atoms with Crippen molar-refractivity contribution in [2.75, 3.05) is 6.26 Å². The van der Waals surface area contributed by atoms with Crippen molar-refractivity contribution in [1.29, 1.82) is 0 Å². The van der Waals surface area contributed by atoms with Crippen LogP contribution in [0.1, 0.15) is 13.8 Å². The summed E-state index contributed by atoms with van der Waals surface area (Å²) in [4.78, 5) is 0.809. The molecular weight excluding hydrogens is 182 g/mol. The van der Waals surface area contributed by atoms with E-state index in [2.05, 4.69) is 4.36 Å². The highest BCUT2D eigenvalue weighted by atomic mass is 32.2. The molecule has 0 heterocycles. The molecule has 0 fully saturated rings. The van der Waals surface area contributed by atoms with E-state index in [9.17, 15) is 4.21 Å². The average Bonchev–Trinajstić information content (AvgIpc) is 2.04. The standard InChI is InChI=1S/C10H15NOS/c1-9(2)11-13(3,12)10-7-5-4-6-8-10/h4-9H,1-3H3. The predicted molar refractivity (Wildman–Crippen MR) is 56.3 cm³/mol. The molecule has 1 aromatic carbocycles. The van der Waals surface area contributed by atoms with Gasteiger partial charge in [-0.05, 0) is 26.0 Å². The molecule has 0 aliphatic heterocycles. The summed E-state index contributed by atoms with van der Waals surface area (Å²) in [5, 5.41) is 0. The molecular formula is C10H15NOS. The lowest BCUT2D eigenvalue weighted by Crippen LogP contribution is -2.01. The second-order valence-corrected chi connectivity index (χ2v) is 5.60. The second-order valence-electron chi connectivity index (χ2n) is 3.31. The van der Waals surface area contributed by atoms with Crippen LogP contribution in [0.3, 0.4) is 0 Å². The van der Waals surface area contributed by atoms with E-state index in [1.165, 1.54) is 0 Å².